The van der Waals surface area contributed by atoms with Crippen LogP contribution in [0.2, 0.25) is 0 Å². The molecule has 3 nitrogen and oxygen atoms in total. The van der Waals surface area contributed by atoms with E-state index in [1.807, 2.05) is 12.1 Å². The Hall–Kier alpha value is -1.51. The third-order valence-electron chi connectivity index (χ3n) is 3.99. The Bertz CT molecular complexity index is 431. The molecular formula is C18H28N2O. The number of benzene rings is 1. The zero-order valence-corrected chi connectivity index (χ0v) is 13.3. The van der Waals surface area contributed by atoms with E-state index in [2.05, 4.69) is 36.6 Å². The largest absolute Gasteiger partial charge is 0.382 e. The number of rotatable bonds is 5. The zero-order chi connectivity index (χ0) is 15.1. The molecule has 2 rings (SSSR count). The summed E-state index contributed by atoms with van der Waals surface area (Å²) in [7, 11) is 0. The molecule has 0 bridgehead atoms. The van der Waals surface area contributed by atoms with E-state index in [4.69, 9.17) is 0 Å². The highest BCUT2D eigenvalue weighted by Crippen LogP contribution is 2.22. The van der Waals surface area contributed by atoms with Crippen LogP contribution >= 0.6 is 0 Å². The molecule has 0 radical (unpaired) electrons. The van der Waals surface area contributed by atoms with E-state index in [9.17, 15) is 4.79 Å². The number of hydrogen-bond donors (Lipinski definition) is 2. The van der Waals surface area contributed by atoms with Crippen LogP contribution in [0.4, 0.5) is 11.4 Å². The minimum atomic E-state index is 0.0921. The van der Waals surface area contributed by atoms with Crippen molar-refractivity contribution in [2.75, 3.05) is 10.6 Å². The first-order valence-corrected chi connectivity index (χ1v) is 8.30. The van der Waals surface area contributed by atoms with Gasteiger partial charge < -0.3 is 10.6 Å². The van der Waals surface area contributed by atoms with Gasteiger partial charge in [0.2, 0.25) is 5.91 Å². The summed E-state index contributed by atoms with van der Waals surface area (Å²) in [6.45, 7) is 4.11. The molecule has 0 aliphatic heterocycles. The van der Waals surface area contributed by atoms with E-state index in [0.29, 0.717) is 18.4 Å². The average Bonchev–Trinajstić information content (AvgIpc) is 2.69. The molecule has 0 saturated heterocycles. The van der Waals surface area contributed by atoms with Crippen LogP contribution in [0.1, 0.15) is 58.8 Å². The van der Waals surface area contributed by atoms with Crippen molar-refractivity contribution >= 4 is 17.3 Å². The molecule has 1 fully saturated rings. The lowest BCUT2D eigenvalue weighted by atomic mass is 10.1. The number of hydrogen-bond acceptors (Lipinski definition) is 2. The summed E-state index contributed by atoms with van der Waals surface area (Å²) < 4.78 is 0. The van der Waals surface area contributed by atoms with Crippen LogP contribution in [-0.2, 0) is 4.79 Å². The number of carbonyl (C=O) groups excluding carboxylic acids is 1. The second-order valence-electron chi connectivity index (χ2n) is 6.56. The lowest BCUT2D eigenvalue weighted by Crippen LogP contribution is -2.18. The van der Waals surface area contributed by atoms with Crippen molar-refractivity contribution in [1.82, 2.24) is 0 Å². The maximum absolute atomic E-state index is 11.7. The van der Waals surface area contributed by atoms with Crippen molar-refractivity contribution in [3.8, 4) is 0 Å². The number of anilines is 2. The summed E-state index contributed by atoms with van der Waals surface area (Å²) in [5.74, 6) is 0.482. The van der Waals surface area contributed by atoms with Crippen LogP contribution < -0.4 is 10.6 Å². The molecule has 1 amide bonds. The molecule has 21 heavy (non-hydrogen) atoms. The molecule has 1 aromatic rings. The molecule has 1 aliphatic carbocycles. The van der Waals surface area contributed by atoms with E-state index in [1.165, 1.54) is 38.5 Å². The normalized spacial score (nSPS) is 16.5. The van der Waals surface area contributed by atoms with Crippen molar-refractivity contribution < 1.29 is 4.79 Å². The first-order chi connectivity index (χ1) is 10.1. The Morgan fingerprint density at radius 3 is 2.19 bits per heavy atom. The fourth-order valence-corrected chi connectivity index (χ4v) is 2.89. The van der Waals surface area contributed by atoms with Gasteiger partial charge in [-0.2, -0.15) is 0 Å². The lowest BCUT2D eigenvalue weighted by Gasteiger charge is -2.18. The third-order valence-corrected chi connectivity index (χ3v) is 3.99. The molecule has 1 aliphatic rings. The van der Waals surface area contributed by atoms with Gasteiger partial charge in [0.1, 0.15) is 0 Å². The van der Waals surface area contributed by atoms with Crippen LogP contribution in [0.15, 0.2) is 24.3 Å². The van der Waals surface area contributed by atoms with Crippen molar-refractivity contribution in [3.05, 3.63) is 24.3 Å². The maximum Gasteiger partial charge on any atom is 0.224 e. The van der Waals surface area contributed by atoms with Crippen LogP contribution in [-0.4, -0.2) is 11.9 Å². The smallest absolute Gasteiger partial charge is 0.224 e. The van der Waals surface area contributed by atoms with Gasteiger partial charge in [0.05, 0.1) is 0 Å². The SMILES string of the molecule is CC(C)CC(=O)Nc1ccc(NC2CCCCCC2)cc1. The van der Waals surface area contributed by atoms with E-state index < -0.39 is 0 Å². The summed E-state index contributed by atoms with van der Waals surface area (Å²) in [5.41, 5.74) is 2.04. The maximum atomic E-state index is 11.7. The van der Waals surface area contributed by atoms with Gasteiger partial charge in [-0.25, -0.2) is 0 Å². The molecule has 116 valence electrons. The standard InChI is InChI=1S/C18H28N2O/c1-14(2)13-18(21)20-17-11-9-16(10-12-17)19-15-7-5-3-4-6-8-15/h9-12,14-15,19H,3-8,13H2,1-2H3,(H,20,21). The molecule has 0 unspecified atom stereocenters. The molecule has 0 aromatic heterocycles. The van der Waals surface area contributed by atoms with Gasteiger partial charge in [-0.05, 0) is 43.0 Å². The minimum absolute atomic E-state index is 0.0921. The Morgan fingerprint density at radius 2 is 1.62 bits per heavy atom. The highest BCUT2D eigenvalue weighted by Gasteiger charge is 2.11. The highest BCUT2D eigenvalue weighted by molar-refractivity contribution is 5.90. The van der Waals surface area contributed by atoms with E-state index in [1.54, 1.807) is 0 Å². The number of carbonyl (C=O) groups is 1. The van der Waals surface area contributed by atoms with Crippen LogP contribution in [0.3, 0.4) is 0 Å². The first-order valence-electron chi connectivity index (χ1n) is 8.30. The molecule has 3 heteroatoms. The molecule has 1 aromatic carbocycles. The van der Waals surface area contributed by atoms with Gasteiger partial charge in [-0.3, -0.25) is 4.79 Å². The summed E-state index contributed by atoms with van der Waals surface area (Å²) >= 11 is 0. The van der Waals surface area contributed by atoms with Crippen molar-refractivity contribution in [1.29, 1.82) is 0 Å². The average molecular weight is 288 g/mol. The quantitative estimate of drug-likeness (QED) is 0.764. The number of nitrogens with one attached hydrogen (secondary N) is 2. The second kappa shape index (κ2) is 8.06. The van der Waals surface area contributed by atoms with E-state index >= 15 is 0 Å². The van der Waals surface area contributed by atoms with Crippen LogP contribution in [0.25, 0.3) is 0 Å². The Kier molecular flexibility index (Phi) is 6.09. The Morgan fingerprint density at radius 1 is 1.05 bits per heavy atom. The summed E-state index contributed by atoms with van der Waals surface area (Å²) in [5, 5.41) is 6.57. The van der Waals surface area contributed by atoms with Gasteiger partial charge in [-0.15, -0.1) is 0 Å². The van der Waals surface area contributed by atoms with E-state index in [-0.39, 0.29) is 5.91 Å². The minimum Gasteiger partial charge on any atom is -0.382 e. The monoisotopic (exact) mass is 288 g/mol. The van der Waals surface area contributed by atoms with Gasteiger partial charge in [-0.1, -0.05) is 39.5 Å². The van der Waals surface area contributed by atoms with E-state index in [0.717, 1.165) is 11.4 Å². The van der Waals surface area contributed by atoms with Crippen molar-refractivity contribution in [2.24, 2.45) is 5.92 Å². The summed E-state index contributed by atoms with van der Waals surface area (Å²) in [4.78, 5) is 11.7. The molecule has 0 heterocycles. The topological polar surface area (TPSA) is 41.1 Å². The first kappa shape index (κ1) is 15.9. The molecule has 1 saturated carbocycles. The van der Waals surface area contributed by atoms with Crippen LogP contribution in [0, 0.1) is 5.92 Å². The van der Waals surface area contributed by atoms with Gasteiger partial charge in [0, 0.05) is 23.8 Å². The Balaban J connectivity index is 1.85. The lowest BCUT2D eigenvalue weighted by molar-refractivity contribution is -0.116. The Labute approximate surface area is 128 Å². The summed E-state index contributed by atoms with van der Waals surface area (Å²) in [6.07, 6.45) is 8.53. The predicted molar refractivity (Wildman–Crippen MR) is 89.6 cm³/mol. The highest BCUT2D eigenvalue weighted by atomic mass is 16.1. The zero-order valence-electron chi connectivity index (χ0n) is 13.3. The van der Waals surface area contributed by atoms with Crippen molar-refractivity contribution in [2.45, 2.75) is 64.8 Å². The summed E-state index contributed by atoms with van der Waals surface area (Å²) in [6, 6.07) is 8.70. The fraction of sp³-hybridized carbons (Fsp3) is 0.611. The molecule has 2 N–H and O–H groups in total. The number of amides is 1. The molecular weight excluding hydrogens is 260 g/mol. The fourth-order valence-electron chi connectivity index (χ4n) is 2.89. The van der Waals surface area contributed by atoms with Gasteiger partial charge >= 0.3 is 0 Å². The second-order valence-corrected chi connectivity index (χ2v) is 6.56. The van der Waals surface area contributed by atoms with Crippen molar-refractivity contribution in [3.63, 3.8) is 0 Å². The molecule has 0 atom stereocenters. The molecule has 0 spiro atoms. The van der Waals surface area contributed by atoms with Gasteiger partial charge in [0.25, 0.3) is 0 Å². The third kappa shape index (κ3) is 5.78. The predicted octanol–water partition coefficient (Wildman–Crippen LogP) is 4.81. The van der Waals surface area contributed by atoms with Crippen LogP contribution in [0.5, 0.6) is 0 Å². The van der Waals surface area contributed by atoms with Gasteiger partial charge in [0.15, 0.2) is 0 Å².